The molecule has 0 amide bonds. The molecule has 0 fully saturated rings. The minimum atomic E-state index is -4.41. The number of nitrogens with one attached hydrogen (secondary N) is 1. The molecular formula is C12H16ClF3N2. The fourth-order valence-electron chi connectivity index (χ4n) is 1.21. The smallest absolute Gasteiger partial charge is 0.369 e. The van der Waals surface area contributed by atoms with Gasteiger partial charge in [-0.2, -0.15) is 13.2 Å². The molecule has 0 saturated heterocycles. The van der Waals surface area contributed by atoms with Crippen molar-refractivity contribution in [1.82, 2.24) is 4.98 Å². The molecule has 0 aromatic carbocycles. The summed E-state index contributed by atoms with van der Waals surface area (Å²) in [6.07, 6.45) is -3.50. The third-order valence-electron chi connectivity index (χ3n) is 2.83. The number of rotatable bonds is 4. The number of anilines is 1. The SMILES string of the molecule is CCC(C)(C)CNc1cc(C(F)(F)F)cc(Cl)n1. The molecule has 0 spiro atoms. The van der Waals surface area contributed by atoms with Crippen molar-refractivity contribution >= 4 is 17.4 Å². The van der Waals surface area contributed by atoms with E-state index in [-0.39, 0.29) is 16.4 Å². The molecule has 102 valence electrons. The maximum absolute atomic E-state index is 12.6. The van der Waals surface area contributed by atoms with Gasteiger partial charge in [-0.05, 0) is 24.0 Å². The number of halogens is 4. The maximum Gasteiger partial charge on any atom is 0.416 e. The molecule has 0 bridgehead atoms. The van der Waals surface area contributed by atoms with Crippen LogP contribution in [0.4, 0.5) is 19.0 Å². The van der Waals surface area contributed by atoms with Crippen LogP contribution in [0.2, 0.25) is 5.15 Å². The summed E-state index contributed by atoms with van der Waals surface area (Å²) < 4.78 is 37.7. The standard InChI is InChI=1S/C12H16ClF3N2/c1-4-11(2,3)7-17-10-6-8(12(14,15)16)5-9(13)18-10/h5-6H,4,7H2,1-3H3,(H,17,18). The summed E-state index contributed by atoms with van der Waals surface area (Å²) in [4.78, 5) is 3.84. The minimum Gasteiger partial charge on any atom is -0.369 e. The Morgan fingerprint density at radius 3 is 2.39 bits per heavy atom. The Morgan fingerprint density at radius 2 is 1.89 bits per heavy atom. The lowest BCUT2D eigenvalue weighted by Gasteiger charge is -2.23. The molecule has 6 heteroatoms. The Labute approximate surface area is 110 Å². The van der Waals surface area contributed by atoms with Crippen molar-refractivity contribution in [2.75, 3.05) is 11.9 Å². The molecule has 0 unspecified atom stereocenters. The van der Waals surface area contributed by atoms with E-state index in [0.717, 1.165) is 18.6 Å². The molecule has 0 atom stereocenters. The van der Waals surface area contributed by atoms with E-state index in [1.165, 1.54) is 0 Å². The van der Waals surface area contributed by atoms with Crippen molar-refractivity contribution in [3.63, 3.8) is 0 Å². The summed E-state index contributed by atoms with van der Waals surface area (Å²) in [6, 6.07) is 1.79. The topological polar surface area (TPSA) is 24.9 Å². The van der Waals surface area contributed by atoms with Gasteiger partial charge >= 0.3 is 6.18 Å². The number of hydrogen-bond acceptors (Lipinski definition) is 2. The van der Waals surface area contributed by atoms with Gasteiger partial charge in [0.15, 0.2) is 0 Å². The highest BCUT2D eigenvalue weighted by atomic mass is 35.5. The van der Waals surface area contributed by atoms with Crippen molar-refractivity contribution in [2.24, 2.45) is 5.41 Å². The second kappa shape index (κ2) is 5.34. The van der Waals surface area contributed by atoms with Crippen molar-refractivity contribution in [3.8, 4) is 0 Å². The molecule has 0 radical (unpaired) electrons. The quantitative estimate of drug-likeness (QED) is 0.815. The molecule has 18 heavy (non-hydrogen) atoms. The van der Waals surface area contributed by atoms with Gasteiger partial charge in [0.1, 0.15) is 11.0 Å². The molecule has 1 aromatic heterocycles. The van der Waals surface area contributed by atoms with Crippen molar-refractivity contribution in [2.45, 2.75) is 33.4 Å². The second-order valence-electron chi connectivity index (χ2n) is 4.93. The van der Waals surface area contributed by atoms with E-state index in [9.17, 15) is 13.2 Å². The van der Waals surface area contributed by atoms with E-state index in [1.807, 2.05) is 20.8 Å². The molecule has 0 aliphatic carbocycles. The molecule has 1 heterocycles. The summed E-state index contributed by atoms with van der Waals surface area (Å²) in [5, 5.41) is 2.73. The van der Waals surface area contributed by atoms with Gasteiger partial charge in [0, 0.05) is 6.54 Å². The lowest BCUT2D eigenvalue weighted by Crippen LogP contribution is -2.22. The highest BCUT2D eigenvalue weighted by Gasteiger charge is 2.31. The van der Waals surface area contributed by atoms with E-state index in [0.29, 0.717) is 6.54 Å². The van der Waals surface area contributed by atoms with Crippen LogP contribution in [0.5, 0.6) is 0 Å². The Balaban J connectivity index is 2.88. The monoisotopic (exact) mass is 280 g/mol. The van der Waals surface area contributed by atoms with Gasteiger partial charge in [-0.15, -0.1) is 0 Å². The van der Waals surface area contributed by atoms with Gasteiger partial charge in [-0.3, -0.25) is 0 Å². The van der Waals surface area contributed by atoms with Crippen LogP contribution in [-0.4, -0.2) is 11.5 Å². The Hall–Kier alpha value is -0.970. The number of pyridine rings is 1. The molecule has 1 N–H and O–H groups in total. The van der Waals surface area contributed by atoms with Gasteiger partial charge in [0.2, 0.25) is 0 Å². The highest BCUT2D eigenvalue weighted by Crippen LogP contribution is 2.32. The summed E-state index contributed by atoms with van der Waals surface area (Å²) in [5.41, 5.74) is -0.804. The van der Waals surface area contributed by atoms with E-state index >= 15 is 0 Å². The van der Waals surface area contributed by atoms with Gasteiger partial charge in [-0.1, -0.05) is 32.4 Å². The lowest BCUT2D eigenvalue weighted by atomic mass is 9.90. The Kier molecular flexibility index (Phi) is 4.48. The van der Waals surface area contributed by atoms with E-state index in [1.54, 1.807) is 0 Å². The van der Waals surface area contributed by atoms with Crippen LogP contribution < -0.4 is 5.32 Å². The summed E-state index contributed by atoms with van der Waals surface area (Å²) in [5.74, 6) is 0.149. The lowest BCUT2D eigenvalue weighted by molar-refractivity contribution is -0.137. The van der Waals surface area contributed by atoms with Crippen LogP contribution in [0, 0.1) is 5.41 Å². The van der Waals surface area contributed by atoms with E-state index in [2.05, 4.69) is 10.3 Å². The first kappa shape index (κ1) is 15.1. The summed E-state index contributed by atoms with van der Waals surface area (Å²) in [6.45, 7) is 6.60. The summed E-state index contributed by atoms with van der Waals surface area (Å²) >= 11 is 5.59. The first-order valence-corrected chi connectivity index (χ1v) is 6.00. The van der Waals surface area contributed by atoms with E-state index in [4.69, 9.17) is 11.6 Å². The Morgan fingerprint density at radius 1 is 1.28 bits per heavy atom. The summed E-state index contributed by atoms with van der Waals surface area (Å²) in [7, 11) is 0. The number of nitrogens with zero attached hydrogens (tertiary/aromatic N) is 1. The fraction of sp³-hybridized carbons (Fsp3) is 0.583. The maximum atomic E-state index is 12.6. The Bertz CT molecular complexity index is 416. The third kappa shape index (κ3) is 4.37. The molecule has 0 aliphatic rings. The van der Waals surface area contributed by atoms with Crippen LogP contribution in [0.1, 0.15) is 32.8 Å². The van der Waals surface area contributed by atoms with Gasteiger partial charge in [0.25, 0.3) is 0 Å². The zero-order chi connectivity index (χ0) is 14.0. The largest absolute Gasteiger partial charge is 0.416 e. The van der Waals surface area contributed by atoms with Gasteiger partial charge < -0.3 is 5.32 Å². The number of hydrogen-bond donors (Lipinski definition) is 1. The molecule has 1 aromatic rings. The number of aromatic nitrogens is 1. The zero-order valence-electron chi connectivity index (χ0n) is 10.5. The van der Waals surface area contributed by atoms with Crippen LogP contribution in [-0.2, 0) is 6.18 Å². The number of alkyl halides is 3. The van der Waals surface area contributed by atoms with E-state index < -0.39 is 11.7 Å². The van der Waals surface area contributed by atoms with Crippen molar-refractivity contribution in [1.29, 1.82) is 0 Å². The van der Waals surface area contributed by atoms with Gasteiger partial charge in [0.05, 0.1) is 5.56 Å². The molecule has 0 aliphatic heterocycles. The normalized spacial score (nSPS) is 12.6. The molecule has 2 nitrogen and oxygen atoms in total. The molecule has 1 rings (SSSR count). The molecular weight excluding hydrogens is 265 g/mol. The van der Waals surface area contributed by atoms with Gasteiger partial charge in [-0.25, -0.2) is 4.98 Å². The predicted molar refractivity (Wildman–Crippen MR) is 66.8 cm³/mol. The van der Waals surface area contributed by atoms with Crippen LogP contribution in [0.25, 0.3) is 0 Å². The highest BCUT2D eigenvalue weighted by molar-refractivity contribution is 6.29. The van der Waals surface area contributed by atoms with Crippen LogP contribution in [0.15, 0.2) is 12.1 Å². The predicted octanol–water partition coefficient (Wildman–Crippen LogP) is 4.60. The third-order valence-corrected chi connectivity index (χ3v) is 3.02. The first-order chi connectivity index (χ1) is 8.14. The zero-order valence-corrected chi connectivity index (χ0v) is 11.3. The van der Waals surface area contributed by atoms with Crippen LogP contribution in [0.3, 0.4) is 0 Å². The first-order valence-electron chi connectivity index (χ1n) is 5.63. The average Bonchev–Trinajstić information content (AvgIpc) is 2.25. The second-order valence-corrected chi connectivity index (χ2v) is 5.32. The van der Waals surface area contributed by atoms with Crippen LogP contribution >= 0.6 is 11.6 Å². The fourth-order valence-corrected chi connectivity index (χ4v) is 1.41. The van der Waals surface area contributed by atoms with Crippen molar-refractivity contribution < 1.29 is 13.2 Å². The minimum absolute atomic E-state index is 0.0115. The average molecular weight is 281 g/mol. The molecule has 0 saturated carbocycles. The van der Waals surface area contributed by atoms with Crippen molar-refractivity contribution in [3.05, 3.63) is 22.8 Å².